The average molecular weight is 224 g/mol. The molecule has 0 aliphatic carbocycles. The second-order valence-corrected chi connectivity index (χ2v) is 3.23. The maximum Gasteiger partial charge on any atom is 0.321 e. The van der Waals surface area contributed by atoms with Crippen LogP contribution in [0.2, 0.25) is 0 Å². The van der Waals surface area contributed by atoms with E-state index in [-0.39, 0.29) is 0 Å². The highest BCUT2D eigenvalue weighted by molar-refractivity contribution is 5.80. The van der Waals surface area contributed by atoms with E-state index in [2.05, 4.69) is 10.3 Å². The number of carbonyl (C=O) groups is 2. The Morgan fingerprint density at radius 3 is 2.44 bits per heavy atom. The summed E-state index contributed by atoms with van der Waals surface area (Å²) in [5.74, 6) is -2.31. The molecular weight excluding hydrogens is 212 g/mol. The van der Waals surface area contributed by atoms with Gasteiger partial charge in [-0.1, -0.05) is 0 Å². The minimum Gasteiger partial charge on any atom is -0.481 e. The Hall–Kier alpha value is -1.95. The van der Waals surface area contributed by atoms with Crippen molar-refractivity contribution in [1.29, 1.82) is 0 Å². The van der Waals surface area contributed by atoms with Crippen LogP contribution in [0.4, 0.5) is 0 Å². The Morgan fingerprint density at radius 2 is 1.94 bits per heavy atom. The van der Waals surface area contributed by atoms with E-state index in [1.807, 2.05) is 0 Å². The van der Waals surface area contributed by atoms with Crippen LogP contribution in [0.25, 0.3) is 0 Å². The zero-order valence-corrected chi connectivity index (χ0v) is 8.46. The van der Waals surface area contributed by atoms with E-state index in [0.717, 1.165) is 5.56 Å². The van der Waals surface area contributed by atoms with Crippen LogP contribution in [-0.4, -0.2) is 33.2 Å². The lowest BCUT2D eigenvalue weighted by Crippen LogP contribution is -2.38. The Labute approximate surface area is 91.9 Å². The predicted molar refractivity (Wildman–Crippen MR) is 54.8 cm³/mol. The van der Waals surface area contributed by atoms with Gasteiger partial charge in [-0.3, -0.25) is 19.9 Å². The summed E-state index contributed by atoms with van der Waals surface area (Å²) in [6, 6.07) is 2.38. The number of rotatable bonds is 6. The van der Waals surface area contributed by atoms with Crippen molar-refractivity contribution in [2.45, 2.75) is 19.0 Å². The fourth-order valence-electron chi connectivity index (χ4n) is 1.16. The molecule has 1 atom stereocenters. The molecule has 0 saturated carbocycles. The second-order valence-electron chi connectivity index (χ2n) is 3.23. The Bertz CT molecular complexity index is 366. The van der Waals surface area contributed by atoms with Gasteiger partial charge in [-0.25, -0.2) is 0 Å². The monoisotopic (exact) mass is 224 g/mol. The number of aromatic nitrogens is 1. The van der Waals surface area contributed by atoms with Gasteiger partial charge in [-0.05, 0) is 17.7 Å². The molecule has 0 spiro atoms. The van der Waals surface area contributed by atoms with Gasteiger partial charge in [0.25, 0.3) is 0 Å². The van der Waals surface area contributed by atoms with Gasteiger partial charge in [0.15, 0.2) is 0 Å². The SMILES string of the molecule is O=C(O)CC(NCc1ccncc1)C(=O)O. The van der Waals surface area contributed by atoms with E-state index in [4.69, 9.17) is 10.2 Å². The van der Waals surface area contributed by atoms with E-state index >= 15 is 0 Å². The van der Waals surface area contributed by atoms with Gasteiger partial charge in [0.2, 0.25) is 0 Å². The topological polar surface area (TPSA) is 99.5 Å². The molecule has 1 aromatic rings. The Balaban J connectivity index is 2.50. The summed E-state index contributed by atoms with van der Waals surface area (Å²) in [4.78, 5) is 24.9. The summed E-state index contributed by atoms with van der Waals surface area (Å²) in [6.45, 7) is 0.298. The molecule has 0 aliphatic rings. The van der Waals surface area contributed by atoms with Gasteiger partial charge in [0.1, 0.15) is 6.04 Å². The number of aliphatic carboxylic acids is 2. The van der Waals surface area contributed by atoms with E-state index in [1.54, 1.807) is 24.5 Å². The van der Waals surface area contributed by atoms with E-state index < -0.39 is 24.4 Å². The highest BCUT2D eigenvalue weighted by Crippen LogP contribution is 1.99. The molecule has 0 radical (unpaired) electrons. The summed E-state index contributed by atoms with van der Waals surface area (Å²) in [7, 11) is 0. The molecule has 6 heteroatoms. The molecule has 0 fully saturated rings. The van der Waals surface area contributed by atoms with E-state index in [9.17, 15) is 9.59 Å². The lowest BCUT2D eigenvalue weighted by Gasteiger charge is -2.11. The summed E-state index contributed by atoms with van der Waals surface area (Å²) in [5, 5.41) is 19.9. The van der Waals surface area contributed by atoms with Gasteiger partial charge >= 0.3 is 11.9 Å². The number of hydrogen-bond acceptors (Lipinski definition) is 4. The standard InChI is InChI=1S/C10H12N2O4/c13-9(14)5-8(10(15)16)12-6-7-1-3-11-4-2-7/h1-4,8,12H,5-6H2,(H,13,14)(H,15,16). The van der Waals surface area contributed by atoms with Crippen molar-refractivity contribution in [2.24, 2.45) is 0 Å². The zero-order chi connectivity index (χ0) is 12.0. The fourth-order valence-corrected chi connectivity index (χ4v) is 1.16. The molecule has 0 aromatic carbocycles. The smallest absolute Gasteiger partial charge is 0.321 e. The molecule has 0 aliphatic heterocycles. The van der Waals surface area contributed by atoms with Crippen molar-refractivity contribution in [1.82, 2.24) is 10.3 Å². The number of pyridine rings is 1. The van der Waals surface area contributed by atoms with Crippen LogP contribution in [0.5, 0.6) is 0 Å². The van der Waals surface area contributed by atoms with Gasteiger partial charge in [0, 0.05) is 18.9 Å². The third-order valence-corrected chi connectivity index (χ3v) is 1.98. The quantitative estimate of drug-likeness (QED) is 0.633. The molecule has 6 nitrogen and oxygen atoms in total. The number of carboxylic acids is 2. The first-order chi connectivity index (χ1) is 7.59. The van der Waals surface area contributed by atoms with E-state index in [1.165, 1.54) is 0 Å². The molecule has 1 heterocycles. The third kappa shape index (κ3) is 4.05. The molecule has 1 aromatic heterocycles. The number of nitrogens with one attached hydrogen (secondary N) is 1. The molecule has 86 valence electrons. The average Bonchev–Trinajstić information content (AvgIpc) is 2.25. The summed E-state index contributed by atoms with van der Waals surface area (Å²) >= 11 is 0. The number of carboxylic acid groups (broad SMARTS) is 2. The Morgan fingerprint density at radius 1 is 1.31 bits per heavy atom. The molecule has 3 N–H and O–H groups in total. The maximum atomic E-state index is 10.7. The van der Waals surface area contributed by atoms with Crippen LogP contribution in [0.1, 0.15) is 12.0 Å². The van der Waals surface area contributed by atoms with Crippen molar-refractivity contribution in [3.63, 3.8) is 0 Å². The minimum absolute atomic E-state index is 0.298. The predicted octanol–water partition coefficient (Wildman–Crippen LogP) is 0.0991. The largest absolute Gasteiger partial charge is 0.481 e. The highest BCUT2D eigenvalue weighted by atomic mass is 16.4. The van der Waals surface area contributed by atoms with Crippen LogP contribution in [0.15, 0.2) is 24.5 Å². The first kappa shape index (κ1) is 12.1. The fraction of sp³-hybridized carbons (Fsp3) is 0.300. The molecule has 0 saturated heterocycles. The number of hydrogen-bond donors (Lipinski definition) is 3. The van der Waals surface area contributed by atoms with Crippen LogP contribution < -0.4 is 5.32 Å². The van der Waals surface area contributed by atoms with Crippen molar-refractivity contribution >= 4 is 11.9 Å². The summed E-state index contributed by atoms with van der Waals surface area (Å²) in [5.41, 5.74) is 0.853. The van der Waals surface area contributed by atoms with Crippen molar-refractivity contribution < 1.29 is 19.8 Å². The van der Waals surface area contributed by atoms with E-state index in [0.29, 0.717) is 6.54 Å². The van der Waals surface area contributed by atoms with Crippen molar-refractivity contribution in [3.8, 4) is 0 Å². The number of nitrogens with zero attached hydrogens (tertiary/aromatic N) is 1. The molecule has 1 rings (SSSR count). The zero-order valence-electron chi connectivity index (χ0n) is 8.46. The molecule has 0 bridgehead atoms. The first-order valence-electron chi connectivity index (χ1n) is 4.66. The van der Waals surface area contributed by atoms with Crippen molar-refractivity contribution in [2.75, 3.05) is 0 Å². The van der Waals surface area contributed by atoms with Gasteiger partial charge in [-0.15, -0.1) is 0 Å². The summed E-state index contributed by atoms with van der Waals surface area (Å²) < 4.78 is 0. The van der Waals surface area contributed by atoms with Crippen LogP contribution in [0, 0.1) is 0 Å². The summed E-state index contributed by atoms with van der Waals surface area (Å²) in [6.07, 6.45) is 2.73. The normalized spacial score (nSPS) is 12.0. The Kier molecular flexibility index (Phi) is 4.41. The van der Waals surface area contributed by atoms with Gasteiger partial charge < -0.3 is 10.2 Å². The molecule has 0 amide bonds. The van der Waals surface area contributed by atoms with Gasteiger partial charge in [-0.2, -0.15) is 0 Å². The maximum absolute atomic E-state index is 10.7. The lowest BCUT2D eigenvalue weighted by molar-refractivity contribution is -0.146. The lowest BCUT2D eigenvalue weighted by atomic mass is 10.2. The van der Waals surface area contributed by atoms with Crippen LogP contribution >= 0.6 is 0 Å². The third-order valence-electron chi connectivity index (χ3n) is 1.98. The molecular formula is C10H12N2O4. The molecule has 1 unspecified atom stereocenters. The highest BCUT2D eigenvalue weighted by Gasteiger charge is 2.19. The molecule has 16 heavy (non-hydrogen) atoms. The van der Waals surface area contributed by atoms with Gasteiger partial charge in [0.05, 0.1) is 6.42 Å². The second kappa shape index (κ2) is 5.82. The first-order valence-corrected chi connectivity index (χ1v) is 4.66. The minimum atomic E-state index is -1.17. The van der Waals surface area contributed by atoms with Crippen molar-refractivity contribution in [3.05, 3.63) is 30.1 Å². The van der Waals surface area contributed by atoms with Crippen LogP contribution in [0.3, 0.4) is 0 Å². The van der Waals surface area contributed by atoms with Crippen LogP contribution in [-0.2, 0) is 16.1 Å².